The van der Waals surface area contributed by atoms with Crippen molar-refractivity contribution in [3.8, 4) is 0 Å². The minimum Gasteiger partial charge on any atom is -0.384 e. The number of carbonyl (C=O) groups is 3. The van der Waals surface area contributed by atoms with Gasteiger partial charge in [0.2, 0.25) is 0 Å². The maximum Gasteiger partial charge on any atom is 0.328 e. The van der Waals surface area contributed by atoms with Crippen LogP contribution in [0.5, 0.6) is 0 Å². The highest BCUT2D eigenvalue weighted by Gasteiger charge is 2.34. The van der Waals surface area contributed by atoms with E-state index in [1.807, 2.05) is 37.3 Å². The van der Waals surface area contributed by atoms with E-state index >= 15 is 0 Å². The quantitative estimate of drug-likeness (QED) is 0.382. The van der Waals surface area contributed by atoms with Crippen molar-refractivity contribution in [2.24, 2.45) is 0 Å². The normalized spacial score (nSPS) is 17.7. The summed E-state index contributed by atoms with van der Waals surface area (Å²) in [6.45, 7) is 6.55. The largest absolute Gasteiger partial charge is 0.384 e. The molecular weight excluding hydrogens is 554 g/mol. The number of nitrogens with one attached hydrogen (secondary N) is 2. The molecule has 2 aliphatic heterocycles. The molecule has 1 aromatic heterocycles. The summed E-state index contributed by atoms with van der Waals surface area (Å²) >= 11 is 6.15. The number of fused-ring (bicyclic) bond motifs is 1. The van der Waals surface area contributed by atoms with Gasteiger partial charge in [-0.25, -0.2) is 14.6 Å². The van der Waals surface area contributed by atoms with E-state index in [1.165, 1.54) is 4.90 Å². The van der Waals surface area contributed by atoms with Gasteiger partial charge in [0.25, 0.3) is 5.91 Å². The van der Waals surface area contributed by atoms with Crippen molar-refractivity contribution in [2.45, 2.75) is 52.0 Å². The molecule has 0 radical (unpaired) electrons. The van der Waals surface area contributed by atoms with E-state index in [0.29, 0.717) is 56.4 Å². The van der Waals surface area contributed by atoms with E-state index in [4.69, 9.17) is 17.3 Å². The van der Waals surface area contributed by atoms with E-state index in [1.54, 1.807) is 11.0 Å². The van der Waals surface area contributed by atoms with Crippen LogP contribution >= 0.6 is 11.6 Å². The Bertz CT molecular complexity index is 1480. The van der Waals surface area contributed by atoms with Crippen LogP contribution in [-0.4, -0.2) is 71.5 Å². The van der Waals surface area contributed by atoms with Crippen molar-refractivity contribution in [1.29, 1.82) is 0 Å². The SMILES string of the molecule is CCc1ccc(CC)c(NC(=O)N2CCCC[C@H](NC(=O)N3CCN(c4cc(N)nc5cc(Cl)ccc45)CC3)C2=O)c1. The third-order valence-electron chi connectivity index (χ3n) is 8.11. The average Bonchev–Trinajstić information content (AvgIpc) is 3.17. The number of amides is 5. The van der Waals surface area contributed by atoms with Gasteiger partial charge in [-0.3, -0.25) is 9.69 Å². The lowest BCUT2D eigenvalue weighted by Crippen LogP contribution is -2.56. The molecule has 0 aliphatic carbocycles. The van der Waals surface area contributed by atoms with Gasteiger partial charge in [-0.15, -0.1) is 0 Å². The molecule has 3 heterocycles. The van der Waals surface area contributed by atoms with Gasteiger partial charge in [-0.1, -0.05) is 37.6 Å². The summed E-state index contributed by atoms with van der Waals surface area (Å²) in [6.07, 6.45) is 3.53. The fraction of sp³-hybridized carbons (Fsp3) is 0.419. The Hall–Kier alpha value is -4.05. The first-order chi connectivity index (χ1) is 20.3. The number of nitrogen functional groups attached to an aromatic ring is 1. The van der Waals surface area contributed by atoms with E-state index in [-0.39, 0.29) is 11.9 Å². The number of imide groups is 1. The van der Waals surface area contributed by atoms with Crippen molar-refractivity contribution in [2.75, 3.05) is 48.7 Å². The van der Waals surface area contributed by atoms with Crippen LogP contribution in [-0.2, 0) is 17.6 Å². The molecule has 4 N–H and O–H groups in total. The lowest BCUT2D eigenvalue weighted by Gasteiger charge is -2.37. The number of rotatable bonds is 5. The Labute approximate surface area is 251 Å². The Morgan fingerprint density at radius 3 is 2.50 bits per heavy atom. The lowest BCUT2D eigenvalue weighted by molar-refractivity contribution is -0.129. The molecule has 2 aromatic carbocycles. The molecule has 0 saturated carbocycles. The number of nitrogens with zero attached hydrogens (tertiary/aromatic N) is 4. The summed E-state index contributed by atoms with van der Waals surface area (Å²) in [5, 5.41) is 7.42. The third kappa shape index (κ3) is 6.38. The minimum absolute atomic E-state index is 0.301. The van der Waals surface area contributed by atoms with Crippen LogP contribution in [0.15, 0.2) is 42.5 Å². The third-order valence-corrected chi connectivity index (χ3v) is 8.35. The average molecular weight is 592 g/mol. The first-order valence-electron chi connectivity index (χ1n) is 14.7. The highest BCUT2D eigenvalue weighted by atomic mass is 35.5. The molecule has 5 amide bonds. The predicted octanol–water partition coefficient (Wildman–Crippen LogP) is 5.04. The van der Waals surface area contributed by atoms with Crippen molar-refractivity contribution in [3.63, 3.8) is 0 Å². The summed E-state index contributed by atoms with van der Waals surface area (Å²) < 4.78 is 0. The van der Waals surface area contributed by atoms with Crippen LogP contribution in [0.2, 0.25) is 5.02 Å². The molecule has 5 rings (SSSR count). The smallest absolute Gasteiger partial charge is 0.328 e. The first kappa shape index (κ1) is 29.4. The molecular formula is C31H38ClN7O3. The Morgan fingerprint density at radius 2 is 1.76 bits per heavy atom. The van der Waals surface area contributed by atoms with Crippen LogP contribution in [0.3, 0.4) is 0 Å². The van der Waals surface area contributed by atoms with E-state index in [2.05, 4.69) is 33.5 Å². The maximum absolute atomic E-state index is 13.5. The molecule has 1 atom stereocenters. The second-order valence-electron chi connectivity index (χ2n) is 10.8. The number of halogens is 1. The van der Waals surface area contributed by atoms with E-state index in [9.17, 15) is 14.4 Å². The van der Waals surface area contributed by atoms with Crippen LogP contribution in [0.1, 0.15) is 44.2 Å². The van der Waals surface area contributed by atoms with E-state index in [0.717, 1.165) is 52.7 Å². The number of carbonyl (C=O) groups excluding carboxylic acids is 3. The molecule has 3 aromatic rings. The number of hydrogen-bond acceptors (Lipinski definition) is 6. The molecule has 42 heavy (non-hydrogen) atoms. The lowest BCUT2D eigenvalue weighted by atomic mass is 10.1. The number of anilines is 3. The predicted molar refractivity (Wildman–Crippen MR) is 167 cm³/mol. The fourth-order valence-electron chi connectivity index (χ4n) is 5.68. The molecule has 0 bridgehead atoms. The molecule has 11 heteroatoms. The highest BCUT2D eigenvalue weighted by molar-refractivity contribution is 6.31. The number of hydrogen-bond donors (Lipinski definition) is 3. The molecule has 10 nitrogen and oxygen atoms in total. The fourth-order valence-corrected chi connectivity index (χ4v) is 5.85. The Kier molecular flexibility index (Phi) is 9.01. The number of aryl methyl sites for hydroxylation is 2. The Balaban J connectivity index is 1.22. The number of likely N-dealkylation sites (tertiary alicyclic amines) is 1. The zero-order valence-electron chi connectivity index (χ0n) is 24.2. The monoisotopic (exact) mass is 591 g/mol. The maximum atomic E-state index is 13.5. The number of benzene rings is 2. The number of aromatic nitrogens is 1. The van der Waals surface area contributed by atoms with Crippen molar-refractivity contribution in [1.82, 2.24) is 20.1 Å². The zero-order valence-corrected chi connectivity index (χ0v) is 24.9. The summed E-state index contributed by atoms with van der Waals surface area (Å²) in [7, 11) is 0. The van der Waals surface area contributed by atoms with Crippen molar-refractivity contribution >= 4 is 57.7 Å². The van der Waals surface area contributed by atoms with Gasteiger partial charge < -0.3 is 26.2 Å². The Morgan fingerprint density at radius 1 is 0.976 bits per heavy atom. The molecule has 0 unspecified atom stereocenters. The summed E-state index contributed by atoms with van der Waals surface area (Å²) in [5.41, 5.74) is 10.6. The van der Waals surface area contributed by atoms with Gasteiger partial charge in [-0.2, -0.15) is 0 Å². The molecule has 222 valence electrons. The van der Waals surface area contributed by atoms with Gasteiger partial charge in [0, 0.05) is 60.6 Å². The van der Waals surface area contributed by atoms with Crippen LogP contribution in [0.4, 0.5) is 26.8 Å². The van der Waals surface area contributed by atoms with Crippen LogP contribution in [0.25, 0.3) is 10.9 Å². The number of pyridine rings is 1. The highest BCUT2D eigenvalue weighted by Crippen LogP contribution is 2.30. The summed E-state index contributed by atoms with van der Waals surface area (Å²) in [5.74, 6) is 0.0310. The standard InChI is InChI=1S/C31H38ClN7O3/c1-3-20-8-9-21(4-2)25(17-20)36-31(42)39-12-6-5-7-24(29(39)40)35-30(41)38-15-13-37(14-16-38)27-19-28(33)34-26-18-22(32)10-11-23(26)27/h8-11,17-19,24H,3-7,12-16H2,1-2H3,(H2,33,34)(H,35,41)(H,36,42)/t24-/m0/s1. The van der Waals surface area contributed by atoms with Crippen molar-refractivity contribution < 1.29 is 14.4 Å². The zero-order chi connectivity index (χ0) is 29.8. The second kappa shape index (κ2) is 12.9. The molecule has 0 spiro atoms. The van der Waals surface area contributed by atoms with Gasteiger partial charge in [-0.05, 0) is 67.5 Å². The minimum atomic E-state index is -0.759. The molecule has 2 saturated heterocycles. The van der Waals surface area contributed by atoms with Crippen LogP contribution < -0.4 is 21.3 Å². The number of piperazine rings is 1. The van der Waals surface area contributed by atoms with Gasteiger partial charge in [0.05, 0.1) is 5.52 Å². The summed E-state index contributed by atoms with van der Waals surface area (Å²) in [4.78, 5) is 49.6. The van der Waals surface area contributed by atoms with Crippen molar-refractivity contribution in [3.05, 3.63) is 58.6 Å². The van der Waals surface area contributed by atoms with Crippen LogP contribution in [0, 0.1) is 0 Å². The topological polar surface area (TPSA) is 124 Å². The summed E-state index contributed by atoms with van der Waals surface area (Å²) in [6, 6.07) is 11.9. The molecule has 2 aliphatic rings. The second-order valence-corrected chi connectivity index (χ2v) is 11.3. The van der Waals surface area contributed by atoms with E-state index < -0.39 is 12.1 Å². The van der Waals surface area contributed by atoms with Gasteiger partial charge in [0.1, 0.15) is 11.9 Å². The van der Waals surface area contributed by atoms with Gasteiger partial charge >= 0.3 is 12.1 Å². The molecule has 2 fully saturated rings. The first-order valence-corrected chi connectivity index (χ1v) is 15.1. The van der Waals surface area contributed by atoms with Gasteiger partial charge in [0.15, 0.2) is 0 Å². The number of urea groups is 2. The number of nitrogens with two attached hydrogens (primary N) is 1.